The third-order valence-corrected chi connectivity index (χ3v) is 3.18. The molecule has 0 saturated heterocycles. The van der Waals surface area contributed by atoms with Gasteiger partial charge in [0.2, 0.25) is 5.95 Å². The standard InChI is InChI=1S/C17H16N4/c1-13-4-6-14(7-5-13)11-20-17-19-10-8-16(21-17)15-3-2-9-18-12-15/h2-10,12H,11H2,1H3,(H,19,20,21). The zero-order chi connectivity index (χ0) is 14.5. The molecule has 4 heteroatoms. The average molecular weight is 276 g/mol. The predicted molar refractivity (Wildman–Crippen MR) is 83.8 cm³/mol. The Hall–Kier alpha value is -2.75. The molecular formula is C17H16N4. The summed E-state index contributed by atoms with van der Waals surface area (Å²) >= 11 is 0. The number of nitrogens with zero attached hydrogens (tertiary/aromatic N) is 3. The lowest BCUT2D eigenvalue weighted by Gasteiger charge is -2.07. The Labute approximate surface area is 123 Å². The van der Waals surface area contributed by atoms with Gasteiger partial charge in [0.1, 0.15) is 0 Å². The molecule has 0 amide bonds. The number of nitrogens with one attached hydrogen (secondary N) is 1. The number of pyridine rings is 1. The number of aromatic nitrogens is 3. The number of anilines is 1. The zero-order valence-corrected chi connectivity index (χ0v) is 11.8. The van der Waals surface area contributed by atoms with Crippen molar-refractivity contribution in [1.82, 2.24) is 15.0 Å². The minimum atomic E-state index is 0.622. The summed E-state index contributed by atoms with van der Waals surface area (Å²) in [4.78, 5) is 12.9. The molecule has 0 saturated carbocycles. The van der Waals surface area contributed by atoms with E-state index in [1.54, 1.807) is 18.6 Å². The average Bonchev–Trinajstić information content (AvgIpc) is 2.55. The molecule has 4 nitrogen and oxygen atoms in total. The molecule has 0 atom stereocenters. The number of benzene rings is 1. The fourth-order valence-electron chi connectivity index (χ4n) is 2.01. The summed E-state index contributed by atoms with van der Waals surface area (Å²) < 4.78 is 0. The smallest absolute Gasteiger partial charge is 0.223 e. The van der Waals surface area contributed by atoms with Gasteiger partial charge in [0.25, 0.3) is 0 Å². The fourth-order valence-corrected chi connectivity index (χ4v) is 2.01. The maximum atomic E-state index is 4.51. The second-order valence-electron chi connectivity index (χ2n) is 4.85. The van der Waals surface area contributed by atoms with Crippen molar-refractivity contribution in [3.05, 3.63) is 72.2 Å². The molecule has 0 radical (unpaired) electrons. The topological polar surface area (TPSA) is 50.7 Å². The quantitative estimate of drug-likeness (QED) is 0.793. The monoisotopic (exact) mass is 276 g/mol. The molecule has 3 rings (SSSR count). The summed E-state index contributed by atoms with van der Waals surface area (Å²) in [6.45, 7) is 2.79. The molecule has 2 aromatic heterocycles. The van der Waals surface area contributed by atoms with Crippen molar-refractivity contribution in [3.63, 3.8) is 0 Å². The lowest BCUT2D eigenvalue weighted by atomic mass is 10.1. The van der Waals surface area contributed by atoms with E-state index in [-0.39, 0.29) is 0 Å². The van der Waals surface area contributed by atoms with Crippen LogP contribution in [0.25, 0.3) is 11.3 Å². The summed E-state index contributed by atoms with van der Waals surface area (Å²) in [6, 6.07) is 14.2. The maximum absolute atomic E-state index is 4.51. The fraction of sp³-hybridized carbons (Fsp3) is 0.118. The van der Waals surface area contributed by atoms with Crippen molar-refractivity contribution in [1.29, 1.82) is 0 Å². The van der Waals surface area contributed by atoms with E-state index in [9.17, 15) is 0 Å². The molecule has 21 heavy (non-hydrogen) atoms. The van der Waals surface area contributed by atoms with Crippen molar-refractivity contribution in [2.24, 2.45) is 0 Å². The van der Waals surface area contributed by atoms with E-state index in [2.05, 4.69) is 51.5 Å². The highest BCUT2D eigenvalue weighted by Gasteiger charge is 2.02. The van der Waals surface area contributed by atoms with Gasteiger partial charge in [-0.3, -0.25) is 4.98 Å². The van der Waals surface area contributed by atoms with Gasteiger partial charge in [0, 0.05) is 30.7 Å². The molecule has 0 aliphatic carbocycles. The second-order valence-corrected chi connectivity index (χ2v) is 4.85. The summed E-state index contributed by atoms with van der Waals surface area (Å²) in [5.74, 6) is 0.622. The van der Waals surface area contributed by atoms with Gasteiger partial charge in [-0.2, -0.15) is 0 Å². The molecule has 104 valence electrons. The van der Waals surface area contributed by atoms with Gasteiger partial charge in [-0.25, -0.2) is 9.97 Å². The number of hydrogen-bond donors (Lipinski definition) is 1. The van der Waals surface area contributed by atoms with Gasteiger partial charge in [0.05, 0.1) is 5.69 Å². The molecule has 2 heterocycles. The SMILES string of the molecule is Cc1ccc(CNc2nccc(-c3cccnc3)n2)cc1. The summed E-state index contributed by atoms with van der Waals surface area (Å²) in [5.41, 5.74) is 4.31. The van der Waals surface area contributed by atoms with Crippen LogP contribution in [-0.4, -0.2) is 15.0 Å². The Kier molecular flexibility index (Phi) is 3.87. The molecule has 3 aromatic rings. The van der Waals surface area contributed by atoms with Gasteiger partial charge in [0.15, 0.2) is 0 Å². The minimum absolute atomic E-state index is 0.622. The highest BCUT2D eigenvalue weighted by atomic mass is 15.1. The highest BCUT2D eigenvalue weighted by molar-refractivity contribution is 5.58. The first-order chi connectivity index (χ1) is 10.3. The molecule has 0 aliphatic rings. The van der Waals surface area contributed by atoms with Gasteiger partial charge >= 0.3 is 0 Å². The molecule has 1 N–H and O–H groups in total. The molecular weight excluding hydrogens is 260 g/mol. The number of rotatable bonds is 4. The van der Waals surface area contributed by atoms with Crippen LogP contribution in [0.15, 0.2) is 61.1 Å². The van der Waals surface area contributed by atoms with E-state index in [0.717, 1.165) is 11.3 Å². The van der Waals surface area contributed by atoms with Crippen molar-refractivity contribution >= 4 is 5.95 Å². The molecule has 0 aliphatic heterocycles. The van der Waals surface area contributed by atoms with Gasteiger partial charge in [-0.1, -0.05) is 29.8 Å². The first-order valence-corrected chi connectivity index (χ1v) is 6.84. The van der Waals surface area contributed by atoms with Crippen molar-refractivity contribution < 1.29 is 0 Å². The van der Waals surface area contributed by atoms with Gasteiger partial charge in [-0.15, -0.1) is 0 Å². The van der Waals surface area contributed by atoms with E-state index in [1.807, 2.05) is 18.2 Å². The van der Waals surface area contributed by atoms with E-state index in [1.165, 1.54) is 11.1 Å². The van der Waals surface area contributed by atoms with Crippen molar-refractivity contribution in [3.8, 4) is 11.3 Å². The second kappa shape index (κ2) is 6.13. The van der Waals surface area contributed by atoms with Crippen molar-refractivity contribution in [2.75, 3.05) is 5.32 Å². The van der Waals surface area contributed by atoms with Crippen LogP contribution < -0.4 is 5.32 Å². The summed E-state index contributed by atoms with van der Waals surface area (Å²) in [6.07, 6.45) is 5.31. The van der Waals surface area contributed by atoms with E-state index < -0.39 is 0 Å². The Morgan fingerprint density at radius 1 is 1.00 bits per heavy atom. The van der Waals surface area contributed by atoms with E-state index >= 15 is 0 Å². The molecule has 1 aromatic carbocycles. The Balaban J connectivity index is 1.73. The Bertz CT molecular complexity index is 708. The van der Waals surface area contributed by atoms with E-state index in [4.69, 9.17) is 0 Å². The zero-order valence-electron chi connectivity index (χ0n) is 11.8. The van der Waals surface area contributed by atoms with Gasteiger partial charge < -0.3 is 5.32 Å². The third kappa shape index (κ3) is 3.42. The van der Waals surface area contributed by atoms with E-state index in [0.29, 0.717) is 12.5 Å². The third-order valence-electron chi connectivity index (χ3n) is 3.18. The first kappa shape index (κ1) is 13.2. The summed E-state index contributed by atoms with van der Waals surface area (Å²) in [5, 5.41) is 3.25. The number of aryl methyl sites for hydroxylation is 1. The van der Waals surface area contributed by atoms with Crippen LogP contribution in [0.5, 0.6) is 0 Å². The number of hydrogen-bond acceptors (Lipinski definition) is 4. The first-order valence-electron chi connectivity index (χ1n) is 6.84. The molecule has 0 spiro atoms. The lowest BCUT2D eigenvalue weighted by molar-refractivity contribution is 1.05. The van der Waals surface area contributed by atoms with Crippen LogP contribution in [-0.2, 0) is 6.54 Å². The molecule has 0 unspecified atom stereocenters. The van der Waals surface area contributed by atoms with Crippen LogP contribution in [0.2, 0.25) is 0 Å². The maximum Gasteiger partial charge on any atom is 0.223 e. The summed E-state index contributed by atoms with van der Waals surface area (Å²) in [7, 11) is 0. The van der Waals surface area contributed by atoms with Crippen LogP contribution in [0.4, 0.5) is 5.95 Å². The lowest BCUT2D eigenvalue weighted by Crippen LogP contribution is -2.03. The van der Waals surface area contributed by atoms with Gasteiger partial charge in [-0.05, 0) is 30.7 Å². The van der Waals surface area contributed by atoms with Crippen LogP contribution in [0, 0.1) is 6.92 Å². The predicted octanol–water partition coefficient (Wildman–Crippen LogP) is 3.46. The van der Waals surface area contributed by atoms with Crippen LogP contribution >= 0.6 is 0 Å². The minimum Gasteiger partial charge on any atom is -0.350 e. The normalized spacial score (nSPS) is 10.3. The largest absolute Gasteiger partial charge is 0.350 e. The molecule has 0 fully saturated rings. The van der Waals surface area contributed by atoms with Crippen LogP contribution in [0.3, 0.4) is 0 Å². The Morgan fingerprint density at radius 2 is 1.86 bits per heavy atom. The molecule has 0 bridgehead atoms. The highest BCUT2D eigenvalue weighted by Crippen LogP contribution is 2.16. The van der Waals surface area contributed by atoms with Crippen molar-refractivity contribution in [2.45, 2.75) is 13.5 Å². The Morgan fingerprint density at radius 3 is 2.62 bits per heavy atom. The van der Waals surface area contributed by atoms with Crippen LogP contribution in [0.1, 0.15) is 11.1 Å².